The molecule has 0 amide bonds. The van der Waals surface area contributed by atoms with E-state index in [9.17, 15) is 0 Å². The number of hydrogen-bond acceptors (Lipinski definition) is 6. The van der Waals surface area contributed by atoms with Crippen molar-refractivity contribution in [1.29, 1.82) is 0 Å². The monoisotopic (exact) mass is 242 g/mol. The van der Waals surface area contributed by atoms with Crippen LogP contribution in [0.3, 0.4) is 0 Å². The van der Waals surface area contributed by atoms with Crippen molar-refractivity contribution < 1.29 is 0 Å². The summed E-state index contributed by atoms with van der Waals surface area (Å²) in [4.78, 5) is 0. The third kappa shape index (κ3) is 2.37. The Morgan fingerprint density at radius 3 is 1.83 bits per heavy atom. The number of rotatable bonds is 4. The van der Waals surface area contributed by atoms with Gasteiger partial charge in [0.2, 0.25) is 0 Å². The van der Waals surface area contributed by atoms with Crippen molar-refractivity contribution in [3.63, 3.8) is 0 Å². The van der Waals surface area contributed by atoms with E-state index < -0.39 is 0 Å². The van der Waals surface area contributed by atoms with E-state index in [0.717, 1.165) is 11.1 Å². The summed E-state index contributed by atoms with van der Waals surface area (Å²) < 4.78 is 0. The Hall–Kier alpha value is -2.64. The lowest BCUT2D eigenvalue weighted by Crippen LogP contribution is -1.95. The van der Waals surface area contributed by atoms with Crippen LogP contribution in [0.4, 0.5) is 0 Å². The van der Waals surface area contributed by atoms with Crippen molar-refractivity contribution in [2.45, 2.75) is 12.8 Å². The Labute approximate surface area is 102 Å². The summed E-state index contributed by atoms with van der Waals surface area (Å²) in [5.41, 5.74) is 2.25. The van der Waals surface area contributed by atoms with Gasteiger partial charge in [0.15, 0.2) is 11.6 Å². The van der Waals surface area contributed by atoms with E-state index in [1.807, 2.05) is 18.2 Å². The number of tetrazole rings is 2. The molecular formula is C10H10N8. The fourth-order valence-corrected chi connectivity index (χ4v) is 1.73. The van der Waals surface area contributed by atoms with E-state index in [0.29, 0.717) is 24.5 Å². The molecule has 18 heavy (non-hydrogen) atoms. The summed E-state index contributed by atoms with van der Waals surface area (Å²) in [7, 11) is 0. The van der Waals surface area contributed by atoms with Crippen molar-refractivity contribution in [3.8, 4) is 0 Å². The van der Waals surface area contributed by atoms with Crippen LogP contribution < -0.4 is 0 Å². The lowest BCUT2D eigenvalue weighted by molar-refractivity contribution is 0.881. The zero-order valence-electron chi connectivity index (χ0n) is 9.41. The largest absolute Gasteiger partial charge is 0.178 e. The number of benzene rings is 1. The molecule has 3 rings (SSSR count). The van der Waals surface area contributed by atoms with E-state index in [1.54, 1.807) is 0 Å². The molecule has 2 heterocycles. The third-order valence-electron chi connectivity index (χ3n) is 2.49. The Kier molecular flexibility index (Phi) is 2.74. The van der Waals surface area contributed by atoms with Crippen LogP contribution in [0.5, 0.6) is 0 Å². The molecule has 0 unspecified atom stereocenters. The van der Waals surface area contributed by atoms with E-state index in [-0.39, 0.29) is 0 Å². The minimum atomic E-state index is 0.649. The molecule has 0 saturated carbocycles. The van der Waals surface area contributed by atoms with E-state index >= 15 is 0 Å². The summed E-state index contributed by atoms with van der Waals surface area (Å²) >= 11 is 0. The maximum absolute atomic E-state index is 3.93. The number of aromatic amines is 2. The lowest BCUT2D eigenvalue weighted by Gasteiger charge is -2.01. The summed E-state index contributed by atoms with van der Waals surface area (Å²) in [6.07, 6.45) is 1.30. The first-order valence-corrected chi connectivity index (χ1v) is 5.42. The quantitative estimate of drug-likeness (QED) is 0.661. The summed E-state index contributed by atoms with van der Waals surface area (Å²) in [5, 5.41) is 27.7. The van der Waals surface area contributed by atoms with Crippen LogP contribution in [0, 0.1) is 0 Å². The van der Waals surface area contributed by atoms with Gasteiger partial charge in [-0.2, -0.15) is 10.4 Å². The normalized spacial score (nSPS) is 10.7. The first-order valence-electron chi connectivity index (χ1n) is 5.42. The number of hydrogen-bond donors (Lipinski definition) is 2. The van der Waals surface area contributed by atoms with E-state index in [2.05, 4.69) is 47.3 Å². The molecule has 2 aromatic heterocycles. The second-order valence-electron chi connectivity index (χ2n) is 3.83. The van der Waals surface area contributed by atoms with Gasteiger partial charge >= 0.3 is 0 Å². The van der Waals surface area contributed by atoms with Crippen LogP contribution in [-0.4, -0.2) is 41.2 Å². The second-order valence-corrected chi connectivity index (χ2v) is 3.83. The summed E-state index contributed by atoms with van der Waals surface area (Å²) in [5.74, 6) is 1.35. The molecule has 0 aliphatic carbocycles. The lowest BCUT2D eigenvalue weighted by atomic mass is 10.1. The van der Waals surface area contributed by atoms with Gasteiger partial charge in [-0.3, -0.25) is 0 Å². The van der Waals surface area contributed by atoms with Gasteiger partial charge in [-0.15, -0.1) is 20.4 Å². The average Bonchev–Trinajstić information content (AvgIpc) is 3.03. The maximum Gasteiger partial charge on any atom is 0.178 e. The topological polar surface area (TPSA) is 109 Å². The van der Waals surface area contributed by atoms with Crippen LogP contribution in [0.15, 0.2) is 24.3 Å². The van der Waals surface area contributed by atoms with Gasteiger partial charge in [-0.05, 0) is 11.1 Å². The number of nitrogens with one attached hydrogen (secondary N) is 2. The van der Waals surface area contributed by atoms with Crippen molar-refractivity contribution in [1.82, 2.24) is 41.2 Å². The highest BCUT2D eigenvalue weighted by Crippen LogP contribution is 2.10. The first-order chi connectivity index (χ1) is 8.90. The molecular weight excluding hydrogens is 232 g/mol. The number of nitrogens with zero attached hydrogens (tertiary/aromatic N) is 6. The molecule has 2 N–H and O–H groups in total. The first kappa shape index (κ1) is 10.5. The molecule has 8 heteroatoms. The molecule has 8 nitrogen and oxygen atoms in total. The molecule has 0 atom stereocenters. The summed E-state index contributed by atoms with van der Waals surface area (Å²) in [6.45, 7) is 0. The van der Waals surface area contributed by atoms with Crippen molar-refractivity contribution in [2.75, 3.05) is 0 Å². The van der Waals surface area contributed by atoms with Gasteiger partial charge < -0.3 is 0 Å². The Morgan fingerprint density at radius 2 is 1.39 bits per heavy atom. The fourth-order valence-electron chi connectivity index (χ4n) is 1.73. The zero-order chi connectivity index (χ0) is 12.2. The highest BCUT2D eigenvalue weighted by atomic mass is 15.5. The molecule has 0 aliphatic rings. The minimum absolute atomic E-state index is 0.649. The second kappa shape index (κ2) is 4.70. The molecule has 0 saturated heterocycles. The summed E-state index contributed by atoms with van der Waals surface area (Å²) in [6, 6.07) is 8.11. The predicted octanol–water partition coefficient (Wildman–Crippen LogP) is -0.106. The van der Waals surface area contributed by atoms with Crippen LogP contribution in [0.25, 0.3) is 0 Å². The van der Waals surface area contributed by atoms with Crippen molar-refractivity contribution in [3.05, 3.63) is 47.0 Å². The van der Waals surface area contributed by atoms with Gasteiger partial charge in [-0.25, -0.2) is 0 Å². The van der Waals surface area contributed by atoms with Crippen LogP contribution in [-0.2, 0) is 12.8 Å². The number of H-pyrrole nitrogens is 2. The van der Waals surface area contributed by atoms with Gasteiger partial charge in [0, 0.05) is 12.8 Å². The maximum atomic E-state index is 3.93. The highest BCUT2D eigenvalue weighted by Gasteiger charge is 2.04. The Balaban J connectivity index is 1.76. The van der Waals surface area contributed by atoms with E-state index in [1.165, 1.54) is 0 Å². The third-order valence-corrected chi connectivity index (χ3v) is 2.49. The van der Waals surface area contributed by atoms with Crippen LogP contribution in [0.1, 0.15) is 22.8 Å². The Morgan fingerprint density at radius 1 is 0.833 bits per heavy atom. The van der Waals surface area contributed by atoms with E-state index in [4.69, 9.17) is 0 Å². The van der Waals surface area contributed by atoms with Crippen molar-refractivity contribution >= 4 is 0 Å². The number of aromatic nitrogens is 8. The van der Waals surface area contributed by atoms with Gasteiger partial charge in [0.05, 0.1) is 0 Å². The van der Waals surface area contributed by atoms with Gasteiger partial charge in [0.25, 0.3) is 0 Å². The molecule has 0 spiro atoms. The standard InChI is InChI=1S/C10H10N8/c1-2-7(5-9-11-15-16-12-9)4-8(3-1)6-10-13-17-18-14-10/h1-4H,5-6H2,(H,11,12,15,16)(H,13,14,17,18). The molecule has 0 fully saturated rings. The van der Waals surface area contributed by atoms with Crippen LogP contribution in [0.2, 0.25) is 0 Å². The fraction of sp³-hybridized carbons (Fsp3) is 0.200. The zero-order valence-corrected chi connectivity index (χ0v) is 9.41. The average molecular weight is 242 g/mol. The smallest absolute Gasteiger partial charge is 0.177 e. The molecule has 90 valence electrons. The molecule has 0 radical (unpaired) electrons. The molecule has 0 aliphatic heterocycles. The minimum Gasteiger partial charge on any atom is -0.177 e. The SMILES string of the molecule is c1cc(Cc2nn[nH]n2)cc(Cc2nn[nH]n2)c1. The predicted molar refractivity (Wildman–Crippen MR) is 60.4 cm³/mol. The Bertz CT molecular complexity index is 549. The van der Waals surface area contributed by atoms with Crippen molar-refractivity contribution in [2.24, 2.45) is 0 Å². The van der Waals surface area contributed by atoms with Crippen LogP contribution >= 0.6 is 0 Å². The van der Waals surface area contributed by atoms with Gasteiger partial charge in [0.1, 0.15) is 0 Å². The molecule has 3 aromatic rings. The highest BCUT2D eigenvalue weighted by molar-refractivity contribution is 5.27. The molecule has 0 bridgehead atoms. The van der Waals surface area contributed by atoms with Gasteiger partial charge in [-0.1, -0.05) is 34.7 Å². The molecule has 1 aromatic carbocycles.